The molecule has 1 N–H and O–H groups in total. The Morgan fingerprint density at radius 3 is 2.49 bits per heavy atom. The number of hydrogen-bond donors (Lipinski definition) is 1. The van der Waals surface area contributed by atoms with Crippen molar-refractivity contribution in [2.75, 3.05) is 33.4 Å². The molecular formula is C28H37N3O4. The van der Waals surface area contributed by atoms with Crippen molar-refractivity contribution in [1.82, 2.24) is 14.8 Å². The van der Waals surface area contributed by atoms with Gasteiger partial charge in [0.05, 0.1) is 6.61 Å². The van der Waals surface area contributed by atoms with Crippen LogP contribution in [-0.2, 0) is 16.7 Å². The van der Waals surface area contributed by atoms with Gasteiger partial charge in [0.1, 0.15) is 11.1 Å². The van der Waals surface area contributed by atoms with Crippen LogP contribution in [0.1, 0.15) is 71.7 Å². The lowest BCUT2D eigenvalue weighted by molar-refractivity contribution is 0.0680. The number of ether oxygens (including phenoxy) is 1. The Morgan fingerprint density at radius 2 is 1.80 bits per heavy atom. The first-order valence-corrected chi connectivity index (χ1v) is 12.8. The minimum atomic E-state index is -0.500. The molecule has 1 unspecified atom stereocenters. The Hall–Kier alpha value is -2.93. The van der Waals surface area contributed by atoms with Crippen LogP contribution in [0.3, 0.4) is 0 Å². The Morgan fingerprint density at radius 1 is 1.09 bits per heavy atom. The quantitative estimate of drug-likeness (QED) is 0.627. The molecule has 1 aliphatic heterocycles. The van der Waals surface area contributed by atoms with Crippen LogP contribution < -0.4 is 10.7 Å². The fourth-order valence-electron chi connectivity index (χ4n) is 5.57. The van der Waals surface area contributed by atoms with Gasteiger partial charge < -0.3 is 19.5 Å². The van der Waals surface area contributed by atoms with Crippen molar-refractivity contribution in [1.29, 1.82) is 0 Å². The van der Waals surface area contributed by atoms with Crippen molar-refractivity contribution in [2.24, 2.45) is 5.92 Å². The van der Waals surface area contributed by atoms with E-state index in [-0.39, 0.29) is 22.4 Å². The Labute approximate surface area is 207 Å². The van der Waals surface area contributed by atoms with Crippen LogP contribution in [0.2, 0.25) is 0 Å². The van der Waals surface area contributed by atoms with Crippen molar-refractivity contribution < 1.29 is 14.3 Å². The van der Waals surface area contributed by atoms with Gasteiger partial charge >= 0.3 is 0 Å². The summed E-state index contributed by atoms with van der Waals surface area (Å²) in [4.78, 5) is 41.8. The third-order valence-corrected chi connectivity index (χ3v) is 7.59. The van der Waals surface area contributed by atoms with Crippen LogP contribution in [0.4, 0.5) is 0 Å². The van der Waals surface area contributed by atoms with E-state index in [1.807, 2.05) is 18.2 Å². The Balaban J connectivity index is 1.60. The molecule has 1 saturated carbocycles. The van der Waals surface area contributed by atoms with Crippen LogP contribution in [0.25, 0.3) is 0 Å². The second kappa shape index (κ2) is 11.2. The molecule has 2 amide bonds. The number of pyridine rings is 1. The van der Waals surface area contributed by atoms with E-state index in [0.717, 1.165) is 38.5 Å². The number of nitrogens with one attached hydrogen (secondary N) is 1. The van der Waals surface area contributed by atoms with Gasteiger partial charge in [-0.2, -0.15) is 0 Å². The highest BCUT2D eigenvalue weighted by Crippen LogP contribution is 2.40. The first-order chi connectivity index (χ1) is 16.9. The molecule has 1 aliphatic carbocycles. The molecule has 0 radical (unpaired) electrons. The topological polar surface area (TPSA) is 80.6 Å². The normalized spacial score (nSPS) is 19.5. The fraction of sp³-hybridized carbons (Fsp3) is 0.536. The van der Waals surface area contributed by atoms with Gasteiger partial charge in [-0.3, -0.25) is 14.4 Å². The largest absolute Gasteiger partial charge is 0.383 e. The smallest absolute Gasteiger partial charge is 0.259 e. The molecule has 2 fully saturated rings. The maximum absolute atomic E-state index is 13.4. The number of carbonyl (C=O) groups is 2. The summed E-state index contributed by atoms with van der Waals surface area (Å²) < 4.78 is 6.91. The van der Waals surface area contributed by atoms with E-state index in [4.69, 9.17) is 4.74 Å². The summed E-state index contributed by atoms with van der Waals surface area (Å²) in [6.45, 7) is 4.71. The van der Waals surface area contributed by atoms with Crippen LogP contribution in [0.15, 0.2) is 47.5 Å². The Kier molecular flexibility index (Phi) is 8.06. The lowest BCUT2D eigenvalue weighted by atomic mass is 9.79. The summed E-state index contributed by atoms with van der Waals surface area (Å²) in [6.07, 6.45) is 9.36. The maximum Gasteiger partial charge on any atom is 0.259 e. The zero-order valence-electron chi connectivity index (χ0n) is 20.9. The standard InChI is InChI=1S/C28H37N3O4/c1-21-9-8-14-31(17-21)27(34)24-19-30(15-16-35-2)18-23(25(24)32)26(33)29-20-28(12-6-7-13-28)22-10-4-3-5-11-22/h3-5,10-11,18-19,21H,6-9,12-17,20H2,1-2H3,(H,29,33). The first-order valence-electron chi connectivity index (χ1n) is 12.8. The van der Waals surface area contributed by atoms with Crippen LogP contribution in [-0.4, -0.2) is 54.6 Å². The molecule has 1 aromatic heterocycles. The van der Waals surface area contributed by atoms with E-state index in [2.05, 4.69) is 24.4 Å². The van der Waals surface area contributed by atoms with Gasteiger partial charge in [-0.1, -0.05) is 50.1 Å². The van der Waals surface area contributed by atoms with E-state index < -0.39 is 11.3 Å². The molecule has 4 rings (SSSR count). The average molecular weight is 480 g/mol. The predicted octanol–water partition coefficient (Wildman–Crippen LogP) is 3.61. The van der Waals surface area contributed by atoms with Crippen molar-refractivity contribution in [3.05, 3.63) is 69.6 Å². The van der Waals surface area contributed by atoms with E-state index >= 15 is 0 Å². The third-order valence-electron chi connectivity index (χ3n) is 7.59. The van der Waals surface area contributed by atoms with Crippen LogP contribution in [0.5, 0.6) is 0 Å². The molecule has 2 aliphatic rings. The van der Waals surface area contributed by atoms with Gasteiger partial charge in [0, 0.05) is 51.1 Å². The van der Waals surface area contributed by atoms with Crippen molar-refractivity contribution >= 4 is 11.8 Å². The zero-order valence-corrected chi connectivity index (χ0v) is 20.9. The number of aromatic nitrogens is 1. The number of amides is 2. The number of piperidine rings is 1. The number of carbonyl (C=O) groups excluding carboxylic acids is 2. The highest BCUT2D eigenvalue weighted by Gasteiger charge is 2.36. The van der Waals surface area contributed by atoms with Crippen molar-refractivity contribution in [3.8, 4) is 0 Å². The summed E-state index contributed by atoms with van der Waals surface area (Å²) in [7, 11) is 1.60. The minimum Gasteiger partial charge on any atom is -0.383 e. The second-order valence-electron chi connectivity index (χ2n) is 10.2. The molecule has 7 heteroatoms. The molecule has 1 aromatic carbocycles. The molecule has 2 heterocycles. The number of rotatable bonds is 8. The minimum absolute atomic E-state index is 0.0122. The highest BCUT2D eigenvalue weighted by atomic mass is 16.5. The lowest BCUT2D eigenvalue weighted by Gasteiger charge is -2.31. The van der Waals surface area contributed by atoms with Crippen molar-refractivity contribution in [2.45, 2.75) is 57.4 Å². The molecule has 1 saturated heterocycles. The molecule has 2 aromatic rings. The first kappa shape index (κ1) is 25.2. The maximum atomic E-state index is 13.4. The number of hydrogen-bond acceptors (Lipinski definition) is 4. The molecule has 0 bridgehead atoms. The SMILES string of the molecule is COCCn1cc(C(=O)NCC2(c3ccccc3)CCCC2)c(=O)c(C(=O)N2CCCC(C)C2)c1. The molecule has 35 heavy (non-hydrogen) atoms. The van der Waals surface area contributed by atoms with Gasteiger partial charge in [-0.25, -0.2) is 0 Å². The zero-order chi connectivity index (χ0) is 24.8. The summed E-state index contributed by atoms with van der Waals surface area (Å²) in [5.41, 5.74) is 0.668. The summed E-state index contributed by atoms with van der Waals surface area (Å²) in [6, 6.07) is 10.3. The van der Waals surface area contributed by atoms with Gasteiger partial charge in [0.2, 0.25) is 5.43 Å². The van der Waals surface area contributed by atoms with Crippen molar-refractivity contribution in [3.63, 3.8) is 0 Å². The number of likely N-dealkylation sites (tertiary alicyclic amines) is 1. The van der Waals surface area contributed by atoms with E-state index in [0.29, 0.717) is 38.7 Å². The number of nitrogens with zero attached hydrogens (tertiary/aromatic N) is 2. The molecule has 0 spiro atoms. The van der Waals surface area contributed by atoms with Gasteiger partial charge in [0.15, 0.2) is 0 Å². The highest BCUT2D eigenvalue weighted by molar-refractivity contribution is 5.99. The molecule has 188 valence electrons. The average Bonchev–Trinajstić information content (AvgIpc) is 3.37. The van der Waals surface area contributed by atoms with E-state index in [9.17, 15) is 14.4 Å². The number of benzene rings is 1. The van der Waals surface area contributed by atoms with Crippen LogP contribution in [0, 0.1) is 5.92 Å². The monoisotopic (exact) mass is 479 g/mol. The van der Waals surface area contributed by atoms with Gasteiger partial charge in [0.25, 0.3) is 11.8 Å². The fourth-order valence-corrected chi connectivity index (χ4v) is 5.57. The van der Waals surface area contributed by atoms with Gasteiger partial charge in [-0.05, 0) is 37.2 Å². The Bertz CT molecular complexity index is 1090. The second-order valence-corrected chi connectivity index (χ2v) is 10.2. The predicted molar refractivity (Wildman–Crippen MR) is 136 cm³/mol. The summed E-state index contributed by atoms with van der Waals surface area (Å²) >= 11 is 0. The summed E-state index contributed by atoms with van der Waals surface area (Å²) in [5, 5.41) is 3.05. The van der Waals surface area contributed by atoms with E-state index in [1.165, 1.54) is 5.56 Å². The van der Waals surface area contributed by atoms with E-state index in [1.54, 1.807) is 29.0 Å². The van der Waals surface area contributed by atoms with Gasteiger partial charge in [-0.15, -0.1) is 0 Å². The third kappa shape index (κ3) is 5.67. The lowest BCUT2D eigenvalue weighted by Crippen LogP contribution is -2.43. The molecular weight excluding hydrogens is 442 g/mol. The molecule has 7 nitrogen and oxygen atoms in total. The number of methoxy groups -OCH3 is 1. The molecule has 1 atom stereocenters. The van der Waals surface area contributed by atoms with Crippen LogP contribution >= 0.6 is 0 Å². The summed E-state index contributed by atoms with van der Waals surface area (Å²) in [5.74, 6) is -0.320.